The van der Waals surface area contributed by atoms with Crippen molar-refractivity contribution < 1.29 is 0 Å². The van der Waals surface area contributed by atoms with Crippen LogP contribution in [0.25, 0.3) is 11.3 Å². The van der Waals surface area contributed by atoms with Crippen molar-refractivity contribution in [1.82, 2.24) is 15.3 Å². The summed E-state index contributed by atoms with van der Waals surface area (Å²) in [7, 11) is 0. The molecule has 2 N–H and O–H groups in total. The second kappa shape index (κ2) is 6.38. The number of benzene rings is 1. The summed E-state index contributed by atoms with van der Waals surface area (Å²) in [6, 6.07) is 14.6. The summed E-state index contributed by atoms with van der Waals surface area (Å²) in [5, 5.41) is 19.0. The van der Waals surface area contributed by atoms with Gasteiger partial charge in [0.2, 0.25) is 5.95 Å². The van der Waals surface area contributed by atoms with Crippen molar-refractivity contribution >= 4 is 29.0 Å². The highest BCUT2D eigenvalue weighted by molar-refractivity contribution is 8.06. The van der Waals surface area contributed by atoms with Gasteiger partial charge in [0.05, 0.1) is 16.4 Å². The first kappa shape index (κ1) is 14.8. The van der Waals surface area contributed by atoms with Gasteiger partial charge >= 0.3 is 0 Å². The molecule has 1 aliphatic carbocycles. The van der Waals surface area contributed by atoms with E-state index in [4.69, 9.17) is 0 Å². The lowest BCUT2D eigenvalue weighted by molar-refractivity contribution is 1.04. The number of nitrogens with one attached hydrogen (secondary N) is 2. The molecular weight excluding hydrogens is 318 g/mol. The monoisotopic (exact) mass is 333 g/mol. The van der Waals surface area contributed by atoms with Gasteiger partial charge < -0.3 is 10.6 Å². The Bertz CT molecular complexity index is 862. The Balaban J connectivity index is 1.60. The highest BCUT2D eigenvalue weighted by Gasteiger charge is 2.23. The van der Waals surface area contributed by atoms with E-state index in [1.54, 1.807) is 12.3 Å². The molecule has 0 atom stereocenters. The highest BCUT2D eigenvalue weighted by Crippen LogP contribution is 2.34. The third-order valence-electron chi connectivity index (χ3n) is 3.79. The van der Waals surface area contributed by atoms with E-state index >= 15 is 0 Å². The van der Waals surface area contributed by atoms with Gasteiger partial charge in [-0.25, -0.2) is 9.97 Å². The van der Waals surface area contributed by atoms with E-state index in [9.17, 15) is 5.26 Å². The second-order valence-corrected chi connectivity index (χ2v) is 6.52. The molecule has 118 valence electrons. The predicted octanol–water partition coefficient (Wildman–Crippen LogP) is 3.58. The first-order valence-corrected chi connectivity index (χ1v) is 8.65. The van der Waals surface area contributed by atoms with Crippen LogP contribution in [0.15, 0.2) is 53.0 Å². The smallest absolute Gasteiger partial charge is 0.223 e. The van der Waals surface area contributed by atoms with Gasteiger partial charge in [0.25, 0.3) is 0 Å². The molecule has 1 fully saturated rings. The van der Waals surface area contributed by atoms with Crippen LogP contribution in [0.3, 0.4) is 0 Å². The third kappa shape index (κ3) is 3.12. The molecule has 0 spiro atoms. The molecule has 1 saturated carbocycles. The summed E-state index contributed by atoms with van der Waals surface area (Å²) in [5.41, 5.74) is 3.25. The third-order valence-corrected chi connectivity index (χ3v) is 4.68. The van der Waals surface area contributed by atoms with Crippen molar-refractivity contribution in [1.29, 1.82) is 5.26 Å². The predicted molar refractivity (Wildman–Crippen MR) is 96.4 cm³/mol. The number of aromatic nitrogens is 2. The molecule has 4 rings (SSSR count). The minimum absolute atomic E-state index is 0.476. The van der Waals surface area contributed by atoms with E-state index < -0.39 is 0 Å². The summed E-state index contributed by atoms with van der Waals surface area (Å²) in [4.78, 5) is 8.72. The number of nitrogens with zero attached hydrogens (tertiary/aromatic N) is 3. The zero-order chi connectivity index (χ0) is 16.4. The van der Waals surface area contributed by atoms with Crippen LogP contribution >= 0.6 is 11.8 Å². The molecule has 2 aliphatic rings. The van der Waals surface area contributed by atoms with E-state index in [1.807, 2.05) is 35.7 Å². The molecule has 1 aromatic heterocycles. The van der Waals surface area contributed by atoms with Crippen LogP contribution in [0.4, 0.5) is 5.95 Å². The summed E-state index contributed by atoms with van der Waals surface area (Å²) < 4.78 is 0. The van der Waals surface area contributed by atoms with E-state index in [-0.39, 0.29) is 0 Å². The molecule has 0 unspecified atom stereocenters. The van der Waals surface area contributed by atoms with Crippen molar-refractivity contribution in [3.8, 4) is 6.07 Å². The molecule has 6 heteroatoms. The normalized spacial score (nSPS) is 18.4. The van der Waals surface area contributed by atoms with Crippen molar-refractivity contribution in [2.45, 2.75) is 18.9 Å². The lowest BCUT2D eigenvalue weighted by Gasteiger charge is -2.08. The van der Waals surface area contributed by atoms with Crippen LogP contribution in [-0.2, 0) is 0 Å². The topological polar surface area (TPSA) is 73.6 Å². The fourth-order valence-corrected chi connectivity index (χ4v) is 3.25. The number of thioether (sulfide) groups is 1. The Labute approximate surface area is 144 Å². The van der Waals surface area contributed by atoms with E-state index in [2.05, 4.69) is 26.7 Å². The van der Waals surface area contributed by atoms with Crippen LogP contribution in [0, 0.1) is 11.3 Å². The molecule has 5 nitrogen and oxygen atoms in total. The van der Waals surface area contributed by atoms with Crippen molar-refractivity contribution in [2.75, 3.05) is 5.32 Å². The first-order chi connectivity index (χ1) is 11.8. The fraction of sp³-hybridized carbons (Fsp3) is 0.167. The SMILES string of the molecule is N#CC(=C1NC(c2ccccc2)=CS1)c1ccnc(NC2CC2)n1. The van der Waals surface area contributed by atoms with Crippen LogP contribution in [0.1, 0.15) is 24.1 Å². The second-order valence-electron chi connectivity index (χ2n) is 5.64. The zero-order valence-corrected chi connectivity index (χ0v) is 13.7. The van der Waals surface area contributed by atoms with Gasteiger partial charge in [-0.2, -0.15) is 5.26 Å². The minimum Gasteiger partial charge on any atom is -0.351 e. The van der Waals surface area contributed by atoms with Gasteiger partial charge in [-0.1, -0.05) is 42.1 Å². The van der Waals surface area contributed by atoms with Gasteiger partial charge in [-0.05, 0) is 24.5 Å². The Morgan fingerprint density at radius 3 is 2.83 bits per heavy atom. The van der Waals surface area contributed by atoms with Crippen LogP contribution in [0.5, 0.6) is 0 Å². The number of allylic oxidation sites excluding steroid dienone is 1. The summed E-state index contributed by atoms with van der Waals surface area (Å²) in [6.07, 6.45) is 4.00. The molecule has 1 aromatic carbocycles. The Morgan fingerprint density at radius 1 is 1.25 bits per heavy atom. The average Bonchev–Trinajstić information content (AvgIpc) is 3.30. The number of hydrogen-bond acceptors (Lipinski definition) is 6. The quantitative estimate of drug-likeness (QED) is 0.833. The van der Waals surface area contributed by atoms with Gasteiger partial charge in [0.1, 0.15) is 11.6 Å². The Kier molecular flexibility index (Phi) is 3.93. The number of nitriles is 1. The van der Waals surface area contributed by atoms with Gasteiger partial charge in [0, 0.05) is 17.6 Å². The molecular formula is C18H15N5S. The van der Waals surface area contributed by atoms with E-state index in [0.717, 1.165) is 29.1 Å². The highest BCUT2D eigenvalue weighted by atomic mass is 32.2. The summed E-state index contributed by atoms with van der Waals surface area (Å²) in [5.74, 6) is 0.586. The fourth-order valence-electron chi connectivity index (χ4n) is 2.38. The average molecular weight is 333 g/mol. The summed E-state index contributed by atoms with van der Waals surface area (Å²) >= 11 is 1.51. The number of hydrogen-bond donors (Lipinski definition) is 2. The van der Waals surface area contributed by atoms with Crippen molar-refractivity contribution in [3.05, 3.63) is 64.3 Å². The lowest BCUT2D eigenvalue weighted by Crippen LogP contribution is -2.09. The van der Waals surface area contributed by atoms with Gasteiger partial charge in [-0.3, -0.25) is 0 Å². The maximum Gasteiger partial charge on any atom is 0.223 e. The van der Waals surface area contributed by atoms with Crippen LogP contribution < -0.4 is 10.6 Å². The van der Waals surface area contributed by atoms with E-state index in [0.29, 0.717) is 23.3 Å². The maximum absolute atomic E-state index is 9.62. The molecule has 1 aliphatic heterocycles. The summed E-state index contributed by atoms with van der Waals surface area (Å²) in [6.45, 7) is 0. The van der Waals surface area contributed by atoms with E-state index in [1.165, 1.54) is 11.8 Å². The number of rotatable bonds is 4. The van der Waals surface area contributed by atoms with Crippen molar-refractivity contribution in [3.63, 3.8) is 0 Å². The Hall–Kier alpha value is -2.78. The van der Waals surface area contributed by atoms with Crippen molar-refractivity contribution in [2.24, 2.45) is 0 Å². The molecule has 0 amide bonds. The molecule has 0 saturated heterocycles. The van der Waals surface area contributed by atoms with Crippen LogP contribution in [0.2, 0.25) is 0 Å². The molecule has 0 bridgehead atoms. The first-order valence-electron chi connectivity index (χ1n) is 7.77. The standard InChI is InChI=1S/C18H15N5S/c19-10-14(15-8-9-20-18(23-15)21-13-6-7-13)17-22-16(11-24-17)12-4-2-1-3-5-12/h1-5,8-9,11,13,22H,6-7H2,(H,20,21,23). The maximum atomic E-state index is 9.62. The molecule has 2 heterocycles. The molecule has 24 heavy (non-hydrogen) atoms. The zero-order valence-electron chi connectivity index (χ0n) is 12.9. The van der Waals surface area contributed by atoms with Gasteiger partial charge in [0.15, 0.2) is 0 Å². The lowest BCUT2D eigenvalue weighted by atomic mass is 10.1. The Morgan fingerprint density at radius 2 is 2.08 bits per heavy atom. The van der Waals surface area contributed by atoms with Crippen LogP contribution in [-0.4, -0.2) is 16.0 Å². The minimum atomic E-state index is 0.476. The van der Waals surface area contributed by atoms with Gasteiger partial charge in [-0.15, -0.1) is 0 Å². The molecule has 2 aromatic rings. The molecule has 0 radical (unpaired) electrons. The largest absolute Gasteiger partial charge is 0.351 e. The number of anilines is 1.